The van der Waals surface area contributed by atoms with Gasteiger partial charge in [0.2, 0.25) is 5.95 Å². The van der Waals surface area contributed by atoms with Crippen LogP contribution in [0.5, 0.6) is 0 Å². The standard InChI is InChI=1S/C13H15N5/c1-9-7-16-13(17-8-9)18(2)11-6-4-3-5-10(11)12(14)15/h3-8H,1-2H3,(H3,14,15). The van der Waals surface area contributed by atoms with E-state index in [1.165, 1.54) is 0 Å². The number of hydrogen-bond donors (Lipinski definition) is 2. The molecule has 2 rings (SSSR count). The Morgan fingerprint density at radius 2 is 1.83 bits per heavy atom. The highest BCUT2D eigenvalue weighted by Gasteiger charge is 2.12. The summed E-state index contributed by atoms with van der Waals surface area (Å²) in [5.41, 5.74) is 8.06. The Kier molecular flexibility index (Phi) is 3.23. The molecule has 1 heterocycles. The molecule has 0 saturated heterocycles. The van der Waals surface area contributed by atoms with Gasteiger partial charge in [0, 0.05) is 25.0 Å². The maximum absolute atomic E-state index is 7.58. The van der Waals surface area contributed by atoms with Crippen molar-refractivity contribution in [2.45, 2.75) is 6.92 Å². The number of nitrogens with one attached hydrogen (secondary N) is 1. The van der Waals surface area contributed by atoms with E-state index in [2.05, 4.69) is 9.97 Å². The van der Waals surface area contributed by atoms with Crippen molar-refractivity contribution in [3.05, 3.63) is 47.8 Å². The number of benzene rings is 1. The summed E-state index contributed by atoms with van der Waals surface area (Å²) in [4.78, 5) is 10.3. The van der Waals surface area contributed by atoms with Gasteiger partial charge in [-0.1, -0.05) is 12.1 Å². The number of aryl methyl sites for hydroxylation is 1. The molecule has 1 aromatic heterocycles. The Morgan fingerprint density at radius 1 is 1.22 bits per heavy atom. The van der Waals surface area contributed by atoms with E-state index in [0.717, 1.165) is 11.3 Å². The summed E-state index contributed by atoms with van der Waals surface area (Å²) in [5.74, 6) is 0.610. The molecule has 0 amide bonds. The van der Waals surface area contributed by atoms with Crippen LogP contribution in [0.4, 0.5) is 11.6 Å². The maximum Gasteiger partial charge on any atom is 0.229 e. The van der Waals surface area contributed by atoms with Crippen LogP contribution >= 0.6 is 0 Å². The van der Waals surface area contributed by atoms with Gasteiger partial charge in [0.05, 0.1) is 5.69 Å². The molecule has 1 aromatic carbocycles. The van der Waals surface area contributed by atoms with Gasteiger partial charge in [-0.3, -0.25) is 5.41 Å². The lowest BCUT2D eigenvalue weighted by atomic mass is 10.1. The summed E-state index contributed by atoms with van der Waals surface area (Å²) in [6.45, 7) is 1.94. The molecule has 3 N–H and O–H groups in total. The fraction of sp³-hybridized carbons (Fsp3) is 0.154. The third-order valence-electron chi connectivity index (χ3n) is 2.62. The summed E-state index contributed by atoms with van der Waals surface area (Å²) >= 11 is 0. The van der Waals surface area contributed by atoms with E-state index in [0.29, 0.717) is 11.5 Å². The predicted octanol–water partition coefficient (Wildman–Crippen LogP) is 1.84. The first kappa shape index (κ1) is 12.0. The fourth-order valence-electron chi connectivity index (χ4n) is 1.66. The minimum atomic E-state index is 0.0320. The lowest BCUT2D eigenvalue weighted by Crippen LogP contribution is -2.19. The van der Waals surface area contributed by atoms with Crippen LogP contribution in [0.1, 0.15) is 11.1 Å². The Bertz CT molecular complexity index is 562. The van der Waals surface area contributed by atoms with E-state index in [4.69, 9.17) is 11.1 Å². The molecule has 5 heteroatoms. The number of nitrogens with two attached hydrogens (primary N) is 1. The van der Waals surface area contributed by atoms with Gasteiger partial charge in [-0.15, -0.1) is 0 Å². The van der Waals surface area contributed by atoms with Crippen LogP contribution in [0.15, 0.2) is 36.7 Å². The second-order valence-corrected chi connectivity index (χ2v) is 4.05. The van der Waals surface area contributed by atoms with Crippen molar-refractivity contribution in [2.75, 3.05) is 11.9 Å². The highest BCUT2D eigenvalue weighted by molar-refractivity contribution is 6.00. The molecule has 0 aliphatic rings. The maximum atomic E-state index is 7.58. The highest BCUT2D eigenvalue weighted by atomic mass is 15.2. The zero-order chi connectivity index (χ0) is 13.1. The Balaban J connectivity index is 2.42. The van der Waals surface area contributed by atoms with Crippen molar-refractivity contribution in [1.29, 1.82) is 5.41 Å². The van der Waals surface area contributed by atoms with E-state index in [-0.39, 0.29) is 5.84 Å². The van der Waals surface area contributed by atoms with Crippen LogP contribution < -0.4 is 10.6 Å². The van der Waals surface area contributed by atoms with E-state index < -0.39 is 0 Å². The van der Waals surface area contributed by atoms with E-state index >= 15 is 0 Å². The minimum Gasteiger partial charge on any atom is -0.384 e. The van der Waals surface area contributed by atoms with Crippen LogP contribution in [-0.2, 0) is 0 Å². The fourth-order valence-corrected chi connectivity index (χ4v) is 1.66. The number of aromatic nitrogens is 2. The number of hydrogen-bond acceptors (Lipinski definition) is 4. The largest absolute Gasteiger partial charge is 0.384 e. The van der Waals surface area contributed by atoms with Crippen LogP contribution in [0, 0.1) is 12.3 Å². The summed E-state index contributed by atoms with van der Waals surface area (Å²) in [5, 5.41) is 7.58. The molecule has 5 nitrogen and oxygen atoms in total. The second-order valence-electron chi connectivity index (χ2n) is 4.05. The number of amidine groups is 1. The van der Waals surface area contributed by atoms with Gasteiger partial charge in [0.25, 0.3) is 0 Å². The molecule has 0 aliphatic heterocycles. The minimum absolute atomic E-state index is 0.0320. The summed E-state index contributed by atoms with van der Waals surface area (Å²) in [6, 6.07) is 7.44. The molecular formula is C13H15N5. The zero-order valence-electron chi connectivity index (χ0n) is 10.4. The molecular weight excluding hydrogens is 226 g/mol. The van der Waals surface area contributed by atoms with Crippen molar-refractivity contribution >= 4 is 17.5 Å². The molecule has 18 heavy (non-hydrogen) atoms. The predicted molar refractivity (Wildman–Crippen MR) is 72.3 cm³/mol. The molecule has 0 saturated carbocycles. The van der Waals surface area contributed by atoms with Crippen molar-refractivity contribution in [2.24, 2.45) is 5.73 Å². The summed E-state index contributed by atoms with van der Waals surface area (Å²) in [6.07, 6.45) is 3.52. The molecule has 2 aromatic rings. The third kappa shape index (κ3) is 2.29. The zero-order valence-corrected chi connectivity index (χ0v) is 10.4. The van der Waals surface area contributed by atoms with Gasteiger partial charge in [-0.25, -0.2) is 9.97 Å². The van der Waals surface area contributed by atoms with Crippen molar-refractivity contribution in [1.82, 2.24) is 9.97 Å². The van der Waals surface area contributed by atoms with Gasteiger partial charge in [-0.2, -0.15) is 0 Å². The Morgan fingerprint density at radius 3 is 2.44 bits per heavy atom. The second kappa shape index (κ2) is 4.83. The molecule has 0 aliphatic carbocycles. The van der Waals surface area contributed by atoms with Gasteiger partial charge in [0.15, 0.2) is 0 Å². The van der Waals surface area contributed by atoms with Gasteiger partial charge in [0.1, 0.15) is 5.84 Å². The SMILES string of the molecule is Cc1cnc(N(C)c2ccccc2C(=N)N)nc1. The van der Waals surface area contributed by atoms with Crippen molar-refractivity contribution in [3.8, 4) is 0 Å². The number of nitrogen functional groups attached to an aromatic ring is 1. The molecule has 0 bridgehead atoms. The molecule has 0 unspecified atom stereocenters. The van der Waals surface area contributed by atoms with E-state index in [1.54, 1.807) is 12.4 Å². The van der Waals surface area contributed by atoms with Crippen LogP contribution in [0.2, 0.25) is 0 Å². The molecule has 0 atom stereocenters. The third-order valence-corrected chi connectivity index (χ3v) is 2.62. The smallest absolute Gasteiger partial charge is 0.229 e. The molecule has 0 fully saturated rings. The summed E-state index contributed by atoms with van der Waals surface area (Å²) < 4.78 is 0. The van der Waals surface area contributed by atoms with Crippen LogP contribution in [0.25, 0.3) is 0 Å². The Labute approximate surface area is 106 Å². The van der Waals surface area contributed by atoms with Crippen LogP contribution in [0.3, 0.4) is 0 Å². The lowest BCUT2D eigenvalue weighted by molar-refractivity contribution is 1.03. The molecule has 0 spiro atoms. The number of para-hydroxylation sites is 1. The van der Waals surface area contributed by atoms with Crippen LogP contribution in [-0.4, -0.2) is 22.9 Å². The number of anilines is 2. The topological polar surface area (TPSA) is 78.9 Å². The highest BCUT2D eigenvalue weighted by Crippen LogP contribution is 2.23. The summed E-state index contributed by atoms with van der Waals surface area (Å²) in [7, 11) is 1.85. The monoisotopic (exact) mass is 241 g/mol. The molecule has 0 radical (unpaired) electrons. The van der Waals surface area contributed by atoms with Crippen molar-refractivity contribution in [3.63, 3.8) is 0 Å². The lowest BCUT2D eigenvalue weighted by Gasteiger charge is -2.19. The Hall–Kier alpha value is -2.43. The first-order chi connectivity index (χ1) is 8.59. The first-order valence-electron chi connectivity index (χ1n) is 5.55. The number of nitrogens with zero attached hydrogens (tertiary/aromatic N) is 3. The average Bonchev–Trinajstić information content (AvgIpc) is 2.39. The van der Waals surface area contributed by atoms with Crippen molar-refractivity contribution < 1.29 is 0 Å². The average molecular weight is 241 g/mol. The van der Waals surface area contributed by atoms with E-state index in [1.807, 2.05) is 43.1 Å². The number of rotatable bonds is 3. The molecule has 92 valence electrons. The van der Waals surface area contributed by atoms with Gasteiger partial charge in [-0.05, 0) is 24.6 Å². The quantitative estimate of drug-likeness (QED) is 0.634. The van der Waals surface area contributed by atoms with Gasteiger partial charge >= 0.3 is 0 Å². The van der Waals surface area contributed by atoms with E-state index in [9.17, 15) is 0 Å². The first-order valence-corrected chi connectivity index (χ1v) is 5.55. The normalized spacial score (nSPS) is 10.1. The van der Waals surface area contributed by atoms with Gasteiger partial charge < -0.3 is 10.6 Å².